The van der Waals surface area contributed by atoms with Crippen molar-refractivity contribution < 1.29 is 8.42 Å². The normalized spacial score (nSPS) is 18.8. The SMILES string of the molecule is CCCCC(C)(CC)S(=O)(=O)C(C)(CC)CCCC. The lowest BCUT2D eigenvalue weighted by molar-refractivity contribution is 0.424. The van der Waals surface area contributed by atoms with Crippen molar-refractivity contribution in [1.82, 2.24) is 0 Å². The van der Waals surface area contributed by atoms with Gasteiger partial charge in [-0.3, -0.25) is 0 Å². The summed E-state index contributed by atoms with van der Waals surface area (Å²) >= 11 is 0. The van der Waals surface area contributed by atoms with Crippen LogP contribution in [0.5, 0.6) is 0 Å². The van der Waals surface area contributed by atoms with Gasteiger partial charge in [0.05, 0.1) is 9.49 Å². The van der Waals surface area contributed by atoms with Crippen LogP contribution in [-0.2, 0) is 9.84 Å². The molecule has 0 saturated carbocycles. The fraction of sp³-hybridized carbons (Fsp3) is 1.00. The molecule has 0 amide bonds. The second-order valence-corrected chi connectivity index (χ2v) is 9.30. The molecule has 0 N–H and O–H groups in total. The molecule has 2 nitrogen and oxygen atoms in total. The molecular formula is C16H34O2S. The molecule has 3 heteroatoms. The molecule has 0 heterocycles. The van der Waals surface area contributed by atoms with Crippen LogP contribution in [0.15, 0.2) is 0 Å². The standard InChI is InChI=1S/C16H34O2S/c1-7-11-13-15(5,9-3)19(17,18)16(6,10-4)14-12-8-2/h7-14H2,1-6H3. The highest BCUT2D eigenvalue weighted by atomic mass is 32.2. The monoisotopic (exact) mass is 290 g/mol. The van der Waals surface area contributed by atoms with Crippen molar-refractivity contribution in [3.05, 3.63) is 0 Å². The molecule has 0 aliphatic carbocycles. The van der Waals surface area contributed by atoms with Crippen molar-refractivity contribution in [2.24, 2.45) is 0 Å². The summed E-state index contributed by atoms with van der Waals surface area (Å²) in [6, 6.07) is 0. The quantitative estimate of drug-likeness (QED) is 0.559. The first-order valence-corrected chi connectivity index (χ1v) is 9.47. The first kappa shape index (κ1) is 18.9. The molecule has 0 radical (unpaired) electrons. The maximum absolute atomic E-state index is 13.1. The van der Waals surface area contributed by atoms with E-state index in [2.05, 4.69) is 13.8 Å². The average molecular weight is 291 g/mol. The largest absolute Gasteiger partial charge is 0.228 e. The Morgan fingerprint density at radius 3 is 1.26 bits per heavy atom. The van der Waals surface area contributed by atoms with Crippen molar-refractivity contribution >= 4 is 9.84 Å². The fourth-order valence-electron chi connectivity index (χ4n) is 2.70. The fourth-order valence-corrected chi connectivity index (χ4v) is 5.47. The van der Waals surface area contributed by atoms with E-state index in [0.29, 0.717) is 0 Å². The van der Waals surface area contributed by atoms with E-state index >= 15 is 0 Å². The highest BCUT2D eigenvalue weighted by Crippen LogP contribution is 2.40. The topological polar surface area (TPSA) is 34.1 Å². The number of rotatable bonds is 10. The Labute approximate surface area is 121 Å². The predicted octanol–water partition coefficient (Wildman–Crippen LogP) is 5.12. The summed E-state index contributed by atoms with van der Waals surface area (Å²) in [4.78, 5) is 0. The van der Waals surface area contributed by atoms with Gasteiger partial charge in [0.2, 0.25) is 0 Å². The maximum atomic E-state index is 13.1. The lowest BCUT2D eigenvalue weighted by Gasteiger charge is -2.39. The van der Waals surface area contributed by atoms with E-state index in [1.54, 1.807) is 0 Å². The van der Waals surface area contributed by atoms with Crippen molar-refractivity contribution in [2.45, 2.75) is 102 Å². The minimum atomic E-state index is -3.11. The number of hydrogen-bond acceptors (Lipinski definition) is 2. The van der Waals surface area contributed by atoms with Gasteiger partial charge in [-0.05, 0) is 39.5 Å². The van der Waals surface area contributed by atoms with E-state index < -0.39 is 19.3 Å². The van der Waals surface area contributed by atoms with E-state index in [1.807, 2.05) is 27.7 Å². The summed E-state index contributed by atoms with van der Waals surface area (Å²) in [5.74, 6) is 0. The van der Waals surface area contributed by atoms with Crippen LogP contribution in [-0.4, -0.2) is 17.9 Å². The highest BCUT2D eigenvalue weighted by molar-refractivity contribution is 7.94. The van der Waals surface area contributed by atoms with E-state index in [-0.39, 0.29) is 0 Å². The number of hydrogen-bond donors (Lipinski definition) is 0. The Balaban J connectivity index is 5.38. The van der Waals surface area contributed by atoms with E-state index in [0.717, 1.165) is 51.4 Å². The molecule has 0 aromatic rings. The van der Waals surface area contributed by atoms with E-state index in [1.165, 1.54) is 0 Å². The Morgan fingerprint density at radius 1 is 0.737 bits per heavy atom. The Kier molecular flexibility index (Phi) is 7.64. The Hall–Kier alpha value is -0.0500. The van der Waals surface area contributed by atoms with Crippen molar-refractivity contribution in [1.29, 1.82) is 0 Å². The summed E-state index contributed by atoms with van der Waals surface area (Å²) in [5.41, 5.74) is 0. The van der Waals surface area contributed by atoms with Crippen LogP contribution in [0.4, 0.5) is 0 Å². The van der Waals surface area contributed by atoms with Gasteiger partial charge < -0.3 is 0 Å². The molecule has 19 heavy (non-hydrogen) atoms. The summed E-state index contributed by atoms with van der Waals surface area (Å²) in [5, 5.41) is 0. The predicted molar refractivity (Wildman–Crippen MR) is 85.4 cm³/mol. The molecule has 0 fully saturated rings. The van der Waals surface area contributed by atoms with Crippen LogP contribution < -0.4 is 0 Å². The zero-order valence-electron chi connectivity index (χ0n) is 13.9. The lowest BCUT2D eigenvalue weighted by atomic mass is 9.99. The first-order valence-electron chi connectivity index (χ1n) is 7.98. The van der Waals surface area contributed by atoms with Crippen LogP contribution in [0.1, 0.15) is 92.9 Å². The third-order valence-corrected chi connectivity index (χ3v) is 8.49. The molecule has 0 rings (SSSR count). The minimum absolute atomic E-state index is 0.554. The highest BCUT2D eigenvalue weighted by Gasteiger charge is 2.48. The summed E-state index contributed by atoms with van der Waals surface area (Å²) in [7, 11) is -3.11. The molecule has 2 atom stereocenters. The van der Waals surface area contributed by atoms with Gasteiger partial charge in [0.25, 0.3) is 0 Å². The van der Waals surface area contributed by atoms with Gasteiger partial charge >= 0.3 is 0 Å². The molecule has 0 aromatic heterocycles. The molecule has 0 bridgehead atoms. The first-order chi connectivity index (χ1) is 8.74. The number of sulfone groups is 1. The molecule has 0 aliphatic heterocycles. The molecule has 0 aliphatic rings. The average Bonchev–Trinajstić information content (AvgIpc) is 2.41. The lowest BCUT2D eigenvalue weighted by Crippen LogP contribution is -2.48. The molecule has 0 spiro atoms. The smallest absolute Gasteiger partial charge is 0.161 e. The van der Waals surface area contributed by atoms with Gasteiger partial charge in [-0.2, -0.15) is 0 Å². The van der Waals surface area contributed by atoms with Gasteiger partial charge in [0.15, 0.2) is 9.84 Å². The maximum Gasteiger partial charge on any atom is 0.161 e. The van der Waals surface area contributed by atoms with Crippen molar-refractivity contribution in [3.63, 3.8) is 0 Å². The second kappa shape index (κ2) is 7.66. The molecular weight excluding hydrogens is 256 g/mol. The van der Waals surface area contributed by atoms with E-state index in [4.69, 9.17) is 0 Å². The zero-order valence-corrected chi connectivity index (χ0v) is 14.7. The number of unbranched alkanes of at least 4 members (excludes halogenated alkanes) is 2. The second-order valence-electron chi connectivity index (χ2n) is 6.32. The Bertz CT molecular complexity index is 320. The van der Waals surface area contributed by atoms with Crippen molar-refractivity contribution in [2.75, 3.05) is 0 Å². The zero-order chi connectivity index (χ0) is 15.2. The molecule has 2 unspecified atom stereocenters. The van der Waals surface area contributed by atoms with Crippen LogP contribution in [0.3, 0.4) is 0 Å². The van der Waals surface area contributed by atoms with Gasteiger partial charge in [0, 0.05) is 0 Å². The van der Waals surface area contributed by atoms with E-state index in [9.17, 15) is 8.42 Å². The van der Waals surface area contributed by atoms with Crippen molar-refractivity contribution in [3.8, 4) is 0 Å². The van der Waals surface area contributed by atoms with Gasteiger partial charge in [-0.25, -0.2) is 8.42 Å². The molecule has 0 saturated heterocycles. The molecule has 0 aromatic carbocycles. The summed E-state index contributed by atoms with van der Waals surface area (Å²) < 4.78 is 25.2. The van der Waals surface area contributed by atoms with Gasteiger partial charge in [0.1, 0.15) is 0 Å². The van der Waals surface area contributed by atoms with Crippen LogP contribution in [0.25, 0.3) is 0 Å². The minimum Gasteiger partial charge on any atom is -0.228 e. The van der Waals surface area contributed by atoms with Crippen LogP contribution >= 0.6 is 0 Å². The summed E-state index contributed by atoms with van der Waals surface area (Å²) in [6.07, 6.45) is 7.14. The third kappa shape index (κ3) is 3.96. The molecule has 116 valence electrons. The van der Waals surface area contributed by atoms with Crippen LogP contribution in [0, 0.1) is 0 Å². The van der Waals surface area contributed by atoms with Gasteiger partial charge in [-0.15, -0.1) is 0 Å². The summed E-state index contributed by atoms with van der Waals surface area (Å²) in [6.45, 7) is 12.2. The van der Waals surface area contributed by atoms with Crippen LogP contribution in [0.2, 0.25) is 0 Å². The Morgan fingerprint density at radius 2 is 1.05 bits per heavy atom. The third-order valence-electron chi connectivity index (χ3n) is 4.91. The van der Waals surface area contributed by atoms with Gasteiger partial charge in [-0.1, -0.05) is 53.4 Å².